The van der Waals surface area contributed by atoms with Gasteiger partial charge in [0.1, 0.15) is 11.5 Å². The molecular formula is C12H13NO6S. The molecule has 0 aliphatic carbocycles. The summed E-state index contributed by atoms with van der Waals surface area (Å²) in [5.74, 6) is -0.652. The molecule has 0 fully saturated rings. The molecule has 0 amide bonds. The summed E-state index contributed by atoms with van der Waals surface area (Å²) >= 11 is 0. The molecule has 7 nitrogen and oxygen atoms in total. The number of aromatic carboxylic acids is 1. The van der Waals surface area contributed by atoms with Gasteiger partial charge in [-0.3, -0.25) is 0 Å². The number of hydrogen-bond acceptors (Lipinski definition) is 5. The van der Waals surface area contributed by atoms with Gasteiger partial charge in [-0.25, -0.2) is 13.2 Å². The highest BCUT2D eigenvalue weighted by atomic mass is 32.2. The van der Waals surface area contributed by atoms with Crippen LogP contribution < -0.4 is 4.72 Å². The van der Waals surface area contributed by atoms with Crippen LogP contribution in [-0.2, 0) is 10.0 Å². The van der Waals surface area contributed by atoms with Crippen molar-refractivity contribution in [3.63, 3.8) is 0 Å². The minimum absolute atomic E-state index is 0.438. The Hall–Kier alpha value is -2.06. The van der Waals surface area contributed by atoms with Gasteiger partial charge < -0.3 is 13.9 Å². The highest BCUT2D eigenvalue weighted by Crippen LogP contribution is 2.20. The molecule has 20 heavy (non-hydrogen) atoms. The monoisotopic (exact) mass is 299 g/mol. The van der Waals surface area contributed by atoms with Gasteiger partial charge in [-0.05, 0) is 38.1 Å². The number of carbonyl (C=O) groups is 1. The van der Waals surface area contributed by atoms with Crippen LogP contribution in [0.15, 0.2) is 38.2 Å². The van der Waals surface area contributed by atoms with E-state index >= 15 is 0 Å². The third-order valence-corrected chi connectivity index (χ3v) is 3.99. The van der Waals surface area contributed by atoms with E-state index in [1.807, 2.05) is 0 Å². The van der Waals surface area contributed by atoms with Crippen molar-refractivity contribution in [1.29, 1.82) is 0 Å². The Kier molecular flexibility index (Phi) is 3.69. The zero-order valence-corrected chi connectivity index (χ0v) is 11.6. The molecule has 108 valence electrons. The fourth-order valence-electron chi connectivity index (χ4n) is 1.61. The van der Waals surface area contributed by atoms with Crippen LogP contribution in [0.5, 0.6) is 0 Å². The van der Waals surface area contributed by atoms with Gasteiger partial charge in [-0.1, -0.05) is 0 Å². The molecule has 2 heterocycles. The first-order valence-corrected chi connectivity index (χ1v) is 7.20. The van der Waals surface area contributed by atoms with Gasteiger partial charge in [-0.2, -0.15) is 4.72 Å². The molecule has 0 aliphatic rings. The van der Waals surface area contributed by atoms with E-state index in [4.69, 9.17) is 13.9 Å². The van der Waals surface area contributed by atoms with E-state index in [1.54, 1.807) is 26.0 Å². The van der Waals surface area contributed by atoms with E-state index in [9.17, 15) is 13.2 Å². The summed E-state index contributed by atoms with van der Waals surface area (Å²) < 4.78 is 36.5. The maximum atomic E-state index is 12.0. The van der Waals surface area contributed by atoms with Crippen molar-refractivity contribution in [2.45, 2.75) is 25.0 Å². The van der Waals surface area contributed by atoms with Crippen molar-refractivity contribution in [1.82, 2.24) is 4.72 Å². The van der Waals surface area contributed by atoms with Crippen LogP contribution in [0.4, 0.5) is 0 Å². The van der Waals surface area contributed by atoms with Gasteiger partial charge in [0.2, 0.25) is 10.9 Å². The first-order chi connectivity index (χ1) is 9.29. The Bertz CT molecular complexity index is 727. The molecule has 0 saturated carbocycles. The summed E-state index contributed by atoms with van der Waals surface area (Å²) in [5, 5.41) is 8.25. The van der Waals surface area contributed by atoms with E-state index in [2.05, 4.69) is 4.72 Å². The predicted molar refractivity (Wildman–Crippen MR) is 67.8 cm³/mol. The topological polar surface area (TPSA) is 110 Å². The van der Waals surface area contributed by atoms with E-state index in [-0.39, 0.29) is 0 Å². The fraction of sp³-hybridized carbons (Fsp3) is 0.250. The standard InChI is InChI=1S/C12H13NO6S/c1-7-3-4-9(18-7)8(2)13-20(16,17)11-6-5-10(19-11)12(14)15/h3-6,8,13H,1-2H3,(H,14,15). The maximum Gasteiger partial charge on any atom is 0.371 e. The smallest absolute Gasteiger partial charge is 0.371 e. The summed E-state index contributed by atoms with van der Waals surface area (Å²) in [4.78, 5) is 10.7. The SMILES string of the molecule is Cc1ccc(C(C)NS(=O)(=O)c2ccc(C(=O)O)o2)o1. The molecule has 2 N–H and O–H groups in total. The molecule has 0 spiro atoms. The third kappa shape index (κ3) is 2.91. The van der Waals surface area contributed by atoms with Crippen LogP contribution in [0.25, 0.3) is 0 Å². The average Bonchev–Trinajstić information content (AvgIpc) is 2.96. The second-order valence-corrected chi connectivity index (χ2v) is 5.86. The third-order valence-electron chi connectivity index (χ3n) is 2.58. The molecule has 2 rings (SSSR count). The minimum atomic E-state index is -3.95. The fourth-order valence-corrected chi connectivity index (χ4v) is 2.76. The van der Waals surface area contributed by atoms with Crippen molar-refractivity contribution >= 4 is 16.0 Å². The number of hydrogen-bond donors (Lipinski definition) is 2. The second-order valence-electron chi connectivity index (χ2n) is 4.22. The van der Waals surface area contributed by atoms with Gasteiger partial charge in [0.15, 0.2) is 0 Å². The van der Waals surface area contributed by atoms with E-state index in [0.29, 0.717) is 11.5 Å². The Labute approximate surface area is 115 Å². The van der Waals surface area contributed by atoms with Crippen molar-refractivity contribution in [2.24, 2.45) is 0 Å². The van der Waals surface area contributed by atoms with Crippen molar-refractivity contribution < 1.29 is 27.2 Å². The van der Waals surface area contributed by atoms with E-state index in [1.165, 1.54) is 0 Å². The van der Waals surface area contributed by atoms with E-state index < -0.39 is 32.9 Å². The van der Waals surface area contributed by atoms with Crippen molar-refractivity contribution in [2.75, 3.05) is 0 Å². The summed E-state index contributed by atoms with van der Waals surface area (Å²) in [6.07, 6.45) is 0. The average molecular weight is 299 g/mol. The predicted octanol–water partition coefficient (Wildman–Crippen LogP) is 1.92. The number of furan rings is 2. The summed E-state index contributed by atoms with van der Waals surface area (Å²) in [5.41, 5.74) is 0. The number of carboxylic acid groups (broad SMARTS) is 1. The quantitative estimate of drug-likeness (QED) is 0.872. The van der Waals surface area contributed by atoms with Crippen LogP contribution in [0.3, 0.4) is 0 Å². The minimum Gasteiger partial charge on any atom is -0.475 e. The molecule has 1 unspecified atom stereocenters. The van der Waals surface area contributed by atoms with E-state index in [0.717, 1.165) is 12.1 Å². The Morgan fingerprint density at radius 2 is 1.95 bits per heavy atom. The highest BCUT2D eigenvalue weighted by Gasteiger charge is 2.24. The second kappa shape index (κ2) is 5.14. The number of rotatable bonds is 5. The van der Waals surface area contributed by atoms with Gasteiger partial charge >= 0.3 is 5.97 Å². The summed E-state index contributed by atoms with van der Waals surface area (Å²) in [7, 11) is -3.95. The van der Waals surface area contributed by atoms with Gasteiger partial charge in [0, 0.05) is 0 Å². The molecule has 8 heteroatoms. The first-order valence-electron chi connectivity index (χ1n) is 5.71. The molecule has 0 aromatic carbocycles. The number of aryl methyl sites for hydroxylation is 1. The van der Waals surface area contributed by atoms with Crippen LogP contribution in [0.2, 0.25) is 0 Å². The molecule has 0 saturated heterocycles. The zero-order chi connectivity index (χ0) is 14.9. The number of carboxylic acids is 1. The van der Waals surface area contributed by atoms with Gasteiger partial charge in [0.05, 0.1) is 6.04 Å². The molecule has 0 radical (unpaired) electrons. The lowest BCUT2D eigenvalue weighted by Gasteiger charge is -2.10. The van der Waals surface area contributed by atoms with Gasteiger partial charge in [0.25, 0.3) is 10.0 Å². The molecule has 1 atom stereocenters. The molecule has 2 aromatic rings. The van der Waals surface area contributed by atoms with Crippen LogP contribution in [-0.4, -0.2) is 19.5 Å². The summed E-state index contributed by atoms with van der Waals surface area (Å²) in [6, 6.07) is 4.94. The Morgan fingerprint density at radius 3 is 2.45 bits per heavy atom. The van der Waals surface area contributed by atoms with Crippen molar-refractivity contribution in [3.05, 3.63) is 41.5 Å². The molecule has 2 aromatic heterocycles. The Morgan fingerprint density at radius 1 is 1.25 bits per heavy atom. The highest BCUT2D eigenvalue weighted by molar-refractivity contribution is 7.89. The summed E-state index contributed by atoms with van der Waals surface area (Å²) in [6.45, 7) is 3.35. The van der Waals surface area contributed by atoms with Crippen molar-refractivity contribution in [3.8, 4) is 0 Å². The lowest BCUT2D eigenvalue weighted by Crippen LogP contribution is -2.26. The van der Waals surface area contributed by atoms with Crippen LogP contribution in [0, 0.1) is 6.92 Å². The maximum absolute atomic E-state index is 12.0. The first kappa shape index (κ1) is 14.4. The van der Waals surface area contributed by atoms with Crippen LogP contribution in [0.1, 0.15) is 35.0 Å². The Balaban J connectivity index is 2.20. The normalized spacial score (nSPS) is 13.3. The number of sulfonamides is 1. The lowest BCUT2D eigenvalue weighted by atomic mass is 10.3. The number of nitrogens with one attached hydrogen (secondary N) is 1. The van der Waals surface area contributed by atoms with Crippen LogP contribution >= 0.6 is 0 Å². The lowest BCUT2D eigenvalue weighted by molar-refractivity contribution is 0.0656. The van der Waals surface area contributed by atoms with Gasteiger partial charge in [-0.15, -0.1) is 0 Å². The molecule has 0 bridgehead atoms. The largest absolute Gasteiger partial charge is 0.475 e. The molecule has 0 aliphatic heterocycles. The zero-order valence-electron chi connectivity index (χ0n) is 10.8. The molecular weight excluding hydrogens is 286 g/mol.